The molecule has 1 unspecified atom stereocenters. The van der Waals surface area contributed by atoms with Gasteiger partial charge < -0.3 is 15.7 Å². The summed E-state index contributed by atoms with van der Waals surface area (Å²) in [5, 5.41) is 9.22. The van der Waals surface area contributed by atoms with Crippen molar-refractivity contribution in [1.29, 1.82) is 0 Å². The molecule has 3 N–H and O–H groups in total. The van der Waals surface area contributed by atoms with Gasteiger partial charge in [0.15, 0.2) is 0 Å². The zero-order valence-electron chi connectivity index (χ0n) is 11.2. The Kier molecular flexibility index (Phi) is 4.11. The van der Waals surface area contributed by atoms with Gasteiger partial charge in [0.05, 0.1) is 6.61 Å². The lowest BCUT2D eigenvalue weighted by molar-refractivity contribution is 0.0495. The highest BCUT2D eigenvalue weighted by atomic mass is 16.3. The summed E-state index contributed by atoms with van der Waals surface area (Å²) < 4.78 is 0. The van der Waals surface area contributed by atoms with Gasteiger partial charge in [-0.3, -0.25) is 0 Å². The van der Waals surface area contributed by atoms with Gasteiger partial charge in [-0.1, -0.05) is 19.3 Å². The van der Waals surface area contributed by atoms with Crippen LogP contribution in [-0.4, -0.2) is 41.8 Å². The zero-order valence-corrected chi connectivity index (χ0v) is 11.2. The second kappa shape index (κ2) is 5.25. The van der Waals surface area contributed by atoms with E-state index in [-0.39, 0.29) is 6.61 Å². The number of hydrogen-bond donors (Lipinski definition) is 2. The molecule has 1 saturated heterocycles. The first-order valence-corrected chi connectivity index (χ1v) is 7.17. The van der Waals surface area contributed by atoms with Crippen LogP contribution in [0.15, 0.2) is 0 Å². The minimum absolute atomic E-state index is 0.0780. The van der Waals surface area contributed by atoms with E-state index in [0.29, 0.717) is 5.41 Å². The van der Waals surface area contributed by atoms with Crippen molar-refractivity contribution < 1.29 is 5.11 Å². The van der Waals surface area contributed by atoms with Gasteiger partial charge in [-0.05, 0) is 51.1 Å². The lowest BCUT2D eigenvalue weighted by atomic mass is 9.68. The van der Waals surface area contributed by atoms with Crippen LogP contribution >= 0.6 is 0 Å². The summed E-state index contributed by atoms with van der Waals surface area (Å²) in [4.78, 5) is 2.44. The second-order valence-corrected chi connectivity index (χ2v) is 6.65. The van der Waals surface area contributed by atoms with Crippen LogP contribution in [0, 0.1) is 5.41 Å². The maximum absolute atomic E-state index is 9.22. The largest absolute Gasteiger partial charge is 0.394 e. The Morgan fingerprint density at radius 2 is 1.71 bits per heavy atom. The molecular formula is C14H28N2O. The Hall–Kier alpha value is -0.120. The van der Waals surface area contributed by atoms with Crippen molar-refractivity contribution in [2.45, 2.75) is 57.4 Å². The molecule has 1 spiro atoms. The first kappa shape index (κ1) is 13.3. The van der Waals surface area contributed by atoms with Gasteiger partial charge in [0.25, 0.3) is 0 Å². The summed E-state index contributed by atoms with van der Waals surface area (Å²) in [5.74, 6) is 0. The maximum Gasteiger partial charge on any atom is 0.0621 e. The summed E-state index contributed by atoms with van der Waals surface area (Å²) in [6, 6.07) is 0. The first-order chi connectivity index (χ1) is 8.05. The third-order valence-corrected chi connectivity index (χ3v) is 4.78. The smallest absolute Gasteiger partial charge is 0.0621 e. The van der Waals surface area contributed by atoms with E-state index in [0.717, 1.165) is 6.54 Å². The molecule has 0 aromatic rings. The number of aliphatic hydroxyl groups is 1. The van der Waals surface area contributed by atoms with Gasteiger partial charge >= 0.3 is 0 Å². The van der Waals surface area contributed by atoms with E-state index in [2.05, 4.69) is 4.90 Å². The standard InChI is InChI=1S/C14H28N2O/c1-13(15,12-17)11-16-9-7-14(8-10-16)5-3-2-4-6-14/h17H,2-12,15H2,1H3. The van der Waals surface area contributed by atoms with Gasteiger partial charge in [0.1, 0.15) is 0 Å². The molecule has 2 fully saturated rings. The highest BCUT2D eigenvalue weighted by Gasteiger charge is 2.36. The quantitative estimate of drug-likeness (QED) is 0.790. The number of rotatable bonds is 3. The van der Waals surface area contributed by atoms with E-state index >= 15 is 0 Å². The van der Waals surface area contributed by atoms with E-state index in [9.17, 15) is 5.11 Å². The lowest BCUT2D eigenvalue weighted by Crippen LogP contribution is -2.53. The minimum Gasteiger partial charge on any atom is -0.394 e. The van der Waals surface area contributed by atoms with Gasteiger partial charge in [0, 0.05) is 12.1 Å². The normalized spacial score (nSPS) is 29.1. The third kappa shape index (κ3) is 3.43. The minimum atomic E-state index is -0.433. The van der Waals surface area contributed by atoms with Crippen LogP contribution < -0.4 is 5.73 Å². The van der Waals surface area contributed by atoms with Crippen molar-refractivity contribution >= 4 is 0 Å². The van der Waals surface area contributed by atoms with Crippen molar-refractivity contribution in [3.05, 3.63) is 0 Å². The fraction of sp³-hybridized carbons (Fsp3) is 1.00. The number of hydrogen-bond acceptors (Lipinski definition) is 3. The second-order valence-electron chi connectivity index (χ2n) is 6.65. The van der Waals surface area contributed by atoms with Gasteiger partial charge in [-0.25, -0.2) is 0 Å². The van der Waals surface area contributed by atoms with Crippen LogP contribution in [0.3, 0.4) is 0 Å². The van der Waals surface area contributed by atoms with Gasteiger partial charge in [-0.15, -0.1) is 0 Å². The molecule has 2 aliphatic rings. The summed E-state index contributed by atoms with van der Waals surface area (Å²) in [5.41, 5.74) is 6.26. The molecule has 1 heterocycles. The topological polar surface area (TPSA) is 49.5 Å². The number of piperidine rings is 1. The number of nitrogens with two attached hydrogens (primary N) is 1. The molecule has 0 bridgehead atoms. The highest BCUT2D eigenvalue weighted by Crippen LogP contribution is 2.44. The molecule has 2 rings (SSSR count). The Bertz CT molecular complexity index is 237. The molecule has 0 aromatic heterocycles. The molecule has 0 amide bonds. The SMILES string of the molecule is CC(N)(CO)CN1CCC2(CCCCC2)CC1. The molecule has 1 aliphatic carbocycles. The predicted octanol–water partition coefficient (Wildman–Crippen LogP) is 1.74. The summed E-state index contributed by atoms with van der Waals surface area (Å²) in [6.45, 7) is 5.20. The van der Waals surface area contributed by atoms with Crippen LogP contribution in [-0.2, 0) is 0 Å². The molecule has 100 valence electrons. The molecule has 3 heteroatoms. The Morgan fingerprint density at radius 1 is 1.12 bits per heavy atom. The van der Waals surface area contributed by atoms with Crippen LogP contribution in [0.2, 0.25) is 0 Å². The molecule has 17 heavy (non-hydrogen) atoms. The lowest BCUT2D eigenvalue weighted by Gasteiger charge is -2.45. The van der Waals surface area contributed by atoms with Crippen LogP contribution in [0.4, 0.5) is 0 Å². The van der Waals surface area contributed by atoms with Crippen molar-refractivity contribution in [2.24, 2.45) is 11.1 Å². The van der Waals surface area contributed by atoms with Crippen molar-refractivity contribution in [2.75, 3.05) is 26.2 Å². The van der Waals surface area contributed by atoms with E-state index in [4.69, 9.17) is 5.73 Å². The van der Waals surface area contributed by atoms with Gasteiger partial charge in [0.2, 0.25) is 0 Å². The molecular weight excluding hydrogens is 212 g/mol. The summed E-state index contributed by atoms with van der Waals surface area (Å²) in [7, 11) is 0. The van der Waals surface area contributed by atoms with E-state index < -0.39 is 5.54 Å². The summed E-state index contributed by atoms with van der Waals surface area (Å²) >= 11 is 0. The van der Waals surface area contributed by atoms with E-state index in [1.807, 2.05) is 6.92 Å². The van der Waals surface area contributed by atoms with E-state index in [1.165, 1.54) is 58.0 Å². The molecule has 1 saturated carbocycles. The molecule has 1 atom stereocenters. The first-order valence-electron chi connectivity index (χ1n) is 7.17. The van der Waals surface area contributed by atoms with E-state index in [1.54, 1.807) is 0 Å². The van der Waals surface area contributed by atoms with Crippen LogP contribution in [0.25, 0.3) is 0 Å². The molecule has 3 nitrogen and oxygen atoms in total. The van der Waals surface area contributed by atoms with Crippen molar-refractivity contribution in [3.8, 4) is 0 Å². The summed E-state index contributed by atoms with van der Waals surface area (Å²) in [6.07, 6.45) is 9.89. The van der Waals surface area contributed by atoms with Crippen LogP contribution in [0.1, 0.15) is 51.9 Å². The Balaban J connectivity index is 1.81. The van der Waals surface area contributed by atoms with Crippen molar-refractivity contribution in [3.63, 3.8) is 0 Å². The highest BCUT2D eigenvalue weighted by molar-refractivity contribution is 4.91. The fourth-order valence-corrected chi connectivity index (χ4v) is 3.55. The van der Waals surface area contributed by atoms with Gasteiger partial charge in [-0.2, -0.15) is 0 Å². The number of aliphatic hydroxyl groups excluding tert-OH is 1. The molecule has 0 aromatic carbocycles. The monoisotopic (exact) mass is 240 g/mol. The number of nitrogens with zero attached hydrogens (tertiary/aromatic N) is 1. The van der Waals surface area contributed by atoms with Crippen molar-refractivity contribution in [1.82, 2.24) is 4.90 Å². The van der Waals surface area contributed by atoms with Crippen LogP contribution in [0.5, 0.6) is 0 Å². The predicted molar refractivity (Wildman–Crippen MR) is 70.9 cm³/mol. The average molecular weight is 240 g/mol. The number of likely N-dealkylation sites (tertiary alicyclic amines) is 1. The Morgan fingerprint density at radius 3 is 2.24 bits per heavy atom. The fourth-order valence-electron chi connectivity index (χ4n) is 3.55. The third-order valence-electron chi connectivity index (χ3n) is 4.78. The average Bonchev–Trinajstić information content (AvgIpc) is 2.34. The maximum atomic E-state index is 9.22. The molecule has 1 aliphatic heterocycles. The zero-order chi connectivity index (χ0) is 12.4. The Labute approximate surface area is 105 Å². The molecule has 0 radical (unpaired) electrons.